The molecule has 1 heterocycles. The van der Waals surface area contributed by atoms with Gasteiger partial charge in [-0.15, -0.1) is 0 Å². The molecular weight excluding hydrogens is 403 g/mol. The molecule has 32 heavy (non-hydrogen) atoms. The first-order chi connectivity index (χ1) is 15.6. The predicted octanol–water partition coefficient (Wildman–Crippen LogP) is 6.03. The van der Waals surface area contributed by atoms with E-state index in [0.29, 0.717) is 23.2 Å². The largest absolute Gasteiger partial charge is 0.335 e. The summed E-state index contributed by atoms with van der Waals surface area (Å²) in [5, 5.41) is 4.52. The van der Waals surface area contributed by atoms with E-state index in [2.05, 4.69) is 10.2 Å². The van der Waals surface area contributed by atoms with Crippen LogP contribution in [0.1, 0.15) is 59.2 Å². The Balaban J connectivity index is 1.47. The lowest BCUT2D eigenvalue weighted by atomic mass is 9.78. The maximum atomic E-state index is 13.7. The number of anilines is 1. The smallest absolute Gasteiger partial charge is 0.255 e. The lowest BCUT2D eigenvalue weighted by molar-refractivity contribution is 0.0392. The maximum Gasteiger partial charge on any atom is 0.255 e. The van der Waals surface area contributed by atoms with Gasteiger partial charge in [0.05, 0.1) is 0 Å². The molecule has 1 N–H and O–H groups in total. The summed E-state index contributed by atoms with van der Waals surface area (Å²) in [6, 6.07) is 17.2. The van der Waals surface area contributed by atoms with Crippen molar-refractivity contribution in [2.45, 2.75) is 44.6 Å². The Morgan fingerprint density at radius 3 is 2.50 bits per heavy atom. The zero-order valence-corrected chi connectivity index (χ0v) is 18.0. The molecule has 2 fully saturated rings. The van der Waals surface area contributed by atoms with Crippen LogP contribution < -0.4 is 5.32 Å². The SMILES string of the molecule is O=C(Nc1ccc(C(=O)N2CCCC3CCCCC32)c2ccccc12)c1cccc(F)c1. The highest BCUT2D eigenvalue weighted by Crippen LogP contribution is 2.37. The number of rotatable bonds is 3. The zero-order chi connectivity index (χ0) is 22.1. The van der Waals surface area contributed by atoms with Gasteiger partial charge in [-0.2, -0.15) is 0 Å². The fraction of sp³-hybridized carbons (Fsp3) is 0.333. The second kappa shape index (κ2) is 8.73. The average molecular weight is 431 g/mol. The highest BCUT2D eigenvalue weighted by molar-refractivity contribution is 6.14. The van der Waals surface area contributed by atoms with Gasteiger partial charge in [0.1, 0.15) is 5.82 Å². The Morgan fingerprint density at radius 1 is 0.875 bits per heavy atom. The maximum absolute atomic E-state index is 13.7. The Labute approximate surface area is 187 Å². The van der Waals surface area contributed by atoms with E-state index in [9.17, 15) is 14.0 Å². The van der Waals surface area contributed by atoms with Crippen molar-refractivity contribution in [3.63, 3.8) is 0 Å². The highest BCUT2D eigenvalue weighted by Gasteiger charge is 2.36. The molecule has 0 radical (unpaired) electrons. The molecule has 1 aliphatic heterocycles. The van der Waals surface area contributed by atoms with Crippen LogP contribution in [0.3, 0.4) is 0 Å². The third-order valence-electron chi connectivity index (χ3n) is 6.99. The summed E-state index contributed by atoms with van der Waals surface area (Å²) in [6.45, 7) is 0.812. The summed E-state index contributed by atoms with van der Waals surface area (Å²) in [6.07, 6.45) is 7.06. The molecule has 5 rings (SSSR count). The van der Waals surface area contributed by atoms with E-state index in [-0.39, 0.29) is 17.4 Å². The van der Waals surface area contributed by atoms with Gasteiger partial charge in [0.2, 0.25) is 0 Å². The summed E-state index contributed by atoms with van der Waals surface area (Å²) in [4.78, 5) is 28.4. The quantitative estimate of drug-likeness (QED) is 0.552. The van der Waals surface area contributed by atoms with Gasteiger partial charge in [0.15, 0.2) is 0 Å². The van der Waals surface area contributed by atoms with Crippen molar-refractivity contribution in [3.8, 4) is 0 Å². The number of carbonyl (C=O) groups excluding carboxylic acids is 2. The van der Waals surface area contributed by atoms with E-state index in [0.717, 1.165) is 30.2 Å². The normalized spacial score (nSPS) is 20.6. The van der Waals surface area contributed by atoms with Gasteiger partial charge >= 0.3 is 0 Å². The lowest BCUT2D eigenvalue weighted by Crippen LogP contribution is -2.49. The molecule has 1 aliphatic carbocycles. The number of likely N-dealkylation sites (tertiary alicyclic amines) is 1. The summed E-state index contributed by atoms with van der Waals surface area (Å²) >= 11 is 0. The van der Waals surface area contributed by atoms with E-state index in [4.69, 9.17) is 0 Å². The topological polar surface area (TPSA) is 49.4 Å². The summed E-state index contributed by atoms with van der Waals surface area (Å²) in [5.74, 6) is -0.126. The number of hydrogen-bond acceptors (Lipinski definition) is 2. The summed E-state index contributed by atoms with van der Waals surface area (Å²) in [5.41, 5.74) is 1.54. The fourth-order valence-electron chi connectivity index (χ4n) is 5.45. The first-order valence-corrected chi connectivity index (χ1v) is 11.5. The standard InChI is InChI=1S/C27H27FN2O2/c28-20-10-5-8-19(17-20)26(31)29-24-15-14-23(21-11-2-3-12-22(21)24)27(32)30-16-6-9-18-7-1-4-13-25(18)30/h2-3,5,8,10-12,14-15,17-18,25H,1,4,6-7,9,13,16H2,(H,29,31). The van der Waals surface area contributed by atoms with Crippen molar-refractivity contribution in [2.24, 2.45) is 5.92 Å². The van der Waals surface area contributed by atoms with Gasteiger partial charge in [0, 0.05) is 34.8 Å². The summed E-state index contributed by atoms with van der Waals surface area (Å²) < 4.78 is 13.5. The average Bonchev–Trinajstić information content (AvgIpc) is 2.83. The minimum Gasteiger partial charge on any atom is -0.335 e. The van der Waals surface area contributed by atoms with Gasteiger partial charge in [-0.25, -0.2) is 4.39 Å². The van der Waals surface area contributed by atoms with E-state index in [1.54, 1.807) is 12.1 Å². The molecular formula is C27H27FN2O2. The Hall–Kier alpha value is -3.21. The van der Waals surface area contributed by atoms with Crippen LogP contribution in [0.4, 0.5) is 10.1 Å². The number of benzene rings is 3. The molecule has 5 heteroatoms. The number of fused-ring (bicyclic) bond motifs is 2. The van der Waals surface area contributed by atoms with Gasteiger partial charge in [-0.3, -0.25) is 9.59 Å². The molecule has 4 nitrogen and oxygen atoms in total. The number of halogens is 1. The Morgan fingerprint density at radius 2 is 1.66 bits per heavy atom. The number of carbonyl (C=O) groups is 2. The van der Waals surface area contributed by atoms with Crippen molar-refractivity contribution >= 4 is 28.3 Å². The van der Waals surface area contributed by atoms with E-state index < -0.39 is 5.82 Å². The van der Waals surface area contributed by atoms with Crippen molar-refractivity contribution in [2.75, 3.05) is 11.9 Å². The second-order valence-electron chi connectivity index (χ2n) is 8.92. The molecule has 0 spiro atoms. The zero-order valence-electron chi connectivity index (χ0n) is 18.0. The molecule has 2 unspecified atom stereocenters. The minimum atomic E-state index is -0.453. The van der Waals surface area contributed by atoms with Crippen LogP contribution >= 0.6 is 0 Å². The molecule has 0 aromatic heterocycles. The highest BCUT2D eigenvalue weighted by atomic mass is 19.1. The number of nitrogens with one attached hydrogen (secondary N) is 1. The summed E-state index contributed by atoms with van der Waals surface area (Å²) in [7, 11) is 0. The van der Waals surface area contributed by atoms with Crippen LogP contribution in [0.25, 0.3) is 10.8 Å². The van der Waals surface area contributed by atoms with Crippen LogP contribution in [-0.2, 0) is 0 Å². The van der Waals surface area contributed by atoms with Crippen molar-refractivity contribution in [3.05, 3.63) is 77.6 Å². The minimum absolute atomic E-state index is 0.0841. The van der Waals surface area contributed by atoms with Gasteiger partial charge < -0.3 is 10.2 Å². The molecule has 1 saturated carbocycles. The third kappa shape index (κ3) is 3.88. The predicted molar refractivity (Wildman–Crippen MR) is 124 cm³/mol. The lowest BCUT2D eigenvalue weighted by Gasteiger charge is -2.44. The monoisotopic (exact) mass is 430 g/mol. The molecule has 3 aromatic rings. The van der Waals surface area contributed by atoms with E-state index >= 15 is 0 Å². The van der Waals surface area contributed by atoms with Crippen LogP contribution in [0.2, 0.25) is 0 Å². The van der Waals surface area contributed by atoms with Crippen LogP contribution in [0.15, 0.2) is 60.7 Å². The first-order valence-electron chi connectivity index (χ1n) is 11.5. The number of piperidine rings is 1. The molecule has 2 atom stereocenters. The molecule has 0 bridgehead atoms. The molecule has 2 aliphatic rings. The fourth-order valence-corrected chi connectivity index (χ4v) is 5.45. The van der Waals surface area contributed by atoms with Gasteiger partial charge in [0.25, 0.3) is 11.8 Å². The van der Waals surface area contributed by atoms with Gasteiger partial charge in [-0.05, 0) is 67.3 Å². The van der Waals surface area contributed by atoms with Crippen molar-refractivity contribution in [1.29, 1.82) is 0 Å². The van der Waals surface area contributed by atoms with Crippen molar-refractivity contribution in [1.82, 2.24) is 4.90 Å². The third-order valence-corrected chi connectivity index (χ3v) is 6.99. The number of nitrogens with zero attached hydrogens (tertiary/aromatic N) is 1. The molecule has 1 saturated heterocycles. The molecule has 164 valence electrons. The van der Waals surface area contributed by atoms with Crippen LogP contribution in [0, 0.1) is 11.7 Å². The van der Waals surface area contributed by atoms with Gasteiger partial charge in [-0.1, -0.05) is 43.2 Å². The molecule has 3 aromatic carbocycles. The Bertz CT molecular complexity index is 1170. The van der Waals surface area contributed by atoms with Crippen LogP contribution in [-0.4, -0.2) is 29.3 Å². The number of amides is 2. The number of hydrogen-bond donors (Lipinski definition) is 1. The molecule has 2 amide bonds. The van der Waals surface area contributed by atoms with E-state index in [1.807, 2.05) is 30.3 Å². The van der Waals surface area contributed by atoms with Crippen LogP contribution in [0.5, 0.6) is 0 Å². The Kier molecular flexibility index (Phi) is 5.64. The van der Waals surface area contributed by atoms with Crippen molar-refractivity contribution < 1.29 is 14.0 Å². The first kappa shape index (κ1) is 20.7. The second-order valence-corrected chi connectivity index (χ2v) is 8.92. The van der Waals surface area contributed by atoms with E-state index in [1.165, 1.54) is 43.9 Å².